The maximum absolute atomic E-state index is 12.8. The standard InChI is InChI=1S/C21H28N4O/c1-13(2)20-23-19(18-8-3-4-9-25(18)20)21(26)22-10-15-16-11-24(12-17(15)16)14-6-5-7-14/h3-4,8-9,13-17H,5-7,10-12H2,1-2H3,(H,22,26)/t15?,16-,17+. The van der Waals surface area contributed by atoms with E-state index in [0.717, 1.165) is 35.8 Å². The maximum atomic E-state index is 12.8. The van der Waals surface area contributed by atoms with E-state index in [2.05, 4.69) is 29.0 Å². The van der Waals surface area contributed by atoms with Crippen molar-refractivity contribution < 1.29 is 4.79 Å². The molecule has 26 heavy (non-hydrogen) atoms. The zero-order valence-electron chi connectivity index (χ0n) is 15.7. The minimum Gasteiger partial charge on any atom is -0.350 e. The number of nitrogens with one attached hydrogen (secondary N) is 1. The van der Waals surface area contributed by atoms with Crippen LogP contribution in [0.15, 0.2) is 24.4 Å². The third-order valence-electron chi connectivity index (χ3n) is 6.80. The second kappa shape index (κ2) is 6.08. The van der Waals surface area contributed by atoms with Gasteiger partial charge in [0.1, 0.15) is 5.82 Å². The predicted octanol–water partition coefficient (Wildman–Crippen LogP) is 2.92. The summed E-state index contributed by atoms with van der Waals surface area (Å²) < 4.78 is 2.04. The summed E-state index contributed by atoms with van der Waals surface area (Å²) >= 11 is 0. The van der Waals surface area contributed by atoms with Crippen molar-refractivity contribution in [1.82, 2.24) is 19.6 Å². The molecule has 0 aromatic carbocycles. The van der Waals surface area contributed by atoms with E-state index in [4.69, 9.17) is 0 Å². The highest BCUT2D eigenvalue weighted by molar-refractivity contribution is 5.99. The zero-order chi connectivity index (χ0) is 17.8. The third kappa shape index (κ3) is 2.56. The summed E-state index contributed by atoms with van der Waals surface area (Å²) in [6.07, 6.45) is 6.20. The van der Waals surface area contributed by atoms with E-state index in [1.165, 1.54) is 32.4 Å². The van der Waals surface area contributed by atoms with Gasteiger partial charge in [-0.3, -0.25) is 9.69 Å². The van der Waals surface area contributed by atoms with E-state index in [-0.39, 0.29) is 11.8 Å². The lowest BCUT2D eigenvalue weighted by Crippen LogP contribution is -2.41. The summed E-state index contributed by atoms with van der Waals surface area (Å²) in [4.78, 5) is 20.1. The fourth-order valence-electron chi connectivity index (χ4n) is 4.96. The Morgan fingerprint density at radius 1 is 1.27 bits per heavy atom. The average Bonchev–Trinajstić information content (AvgIpc) is 2.95. The summed E-state index contributed by atoms with van der Waals surface area (Å²) in [5.41, 5.74) is 1.47. The molecule has 3 heterocycles. The fraction of sp³-hybridized carbons (Fsp3) is 0.619. The molecule has 1 amide bonds. The van der Waals surface area contributed by atoms with Crippen molar-refractivity contribution >= 4 is 11.4 Å². The number of fused-ring (bicyclic) bond motifs is 2. The van der Waals surface area contributed by atoms with Crippen LogP contribution in [0.1, 0.15) is 55.3 Å². The van der Waals surface area contributed by atoms with Gasteiger partial charge < -0.3 is 9.72 Å². The Bertz CT molecular complexity index is 826. The summed E-state index contributed by atoms with van der Waals surface area (Å²) in [5, 5.41) is 3.17. The number of imidazole rings is 1. The highest BCUT2D eigenvalue weighted by Crippen LogP contribution is 2.52. The molecule has 1 aliphatic heterocycles. The number of pyridine rings is 1. The Balaban J connectivity index is 1.23. The largest absolute Gasteiger partial charge is 0.350 e. The van der Waals surface area contributed by atoms with Gasteiger partial charge in [-0.15, -0.1) is 0 Å². The lowest BCUT2D eigenvalue weighted by atomic mass is 9.91. The molecule has 1 N–H and O–H groups in total. The SMILES string of the molecule is CC(C)c1nc(C(=O)NCC2[C@H]3CN(C4CCC4)C[C@@H]23)c2ccccn12. The molecule has 0 spiro atoms. The number of nitrogens with zero attached hydrogens (tertiary/aromatic N) is 3. The summed E-state index contributed by atoms with van der Waals surface area (Å²) in [6.45, 7) is 7.53. The van der Waals surface area contributed by atoms with Crippen LogP contribution in [0.5, 0.6) is 0 Å². The van der Waals surface area contributed by atoms with Gasteiger partial charge in [-0.05, 0) is 42.7 Å². The second-order valence-electron chi connectivity index (χ2n) is 8.67. The number of carbonyl (C=O) groups excluding carboxylic acids is 1. The second-order valence-corrected chi connectivity index (χ2v) is 8.67. The van der Waals surface area contributed by atoms with Crippen molar-refractivity contribution in [2.75, 3.05) is 19.6 Å². The van der Waals surface area contributed by atoms with E-state index in [1.807, 2.05) is 28.8 Å². The van der Waals surface area contributed by atoms with Gasteiger partial charge in [0.05, 0.1) is 5.52 Å². The first-order valence-corrected chi connectivity index (χ1v) is 10.1. The van der Waals surface area contributed by atoms with Crippen LogP contribution in [0.25, 0.3) is 5.52 Å². The van der Waals surface area contributed by atoms with Crippen LogP contribution in [0.3, 0.4) is 0 Å². The average molecular weight is 352 g/mol. The predicted molar refractivity (Wildman–Crippen MR) is 101 cm³/mol. The molecule has 138 valence electrons. The van der Waals surface area contributed by atoms with Crippen molar-refractivity contribution in [1.29, 1.82) is 0 Å². The Labute approximate surface area is 154 Å². The molecule has 0 bridgehead atoms. The molecule has 0 radical (unpaired) electrons. The minimum atomic E-state index is -0.0265. The molecule has 2 aliphatic carbocycles. The van der Waals surface area contributed by atoms with Gasteiger partial charge in [-0.25, -0.2) is 4.98 Å². The van der Waals surface area contributed by atoms with Crippen molar-refractivity contribution in [3.63, 3.8) is 0 Å². The summed E-state index contributed by atoms with van der Waals surface area (Å²) in [6, 6.07) is 6.81. The third-order valence-corrected chi connectivity index (χ3v) is 6.80. The molecule has 2 aromatic heterocycles. The first-order chi connectivity index (χ1) is 12.6. The van der Waals surface area contributed by atoms with E-state index in [1.54, 1.807) is 0 Å². The van der Waals surface area contributed by atoms with E-state index >= 15 is 0 Å². The lowest BCUT2D eigenvalue weighted by molar-refractivity contribution is 0.0942. The fourth-order valence-corrected chi connectivity index (χ4v) is 4.96. The molecular formula is C21H28N4O. The van der Waals surface area contributed by atoms with Gasteiger partial charge >= 0.3 is 0 Å². The van der Waals surface area contributed by atoms with Crippen molar-refractivity contribution in [2.45, 2.75) is 45.1 Å². The van der Waals surface area contributed by atoms with Crippen LogP contribution >= 0.6 is 0 Å². The number of amides is 1. The molecule has 3 atom stereocenters. The van der Waals surface area contributed by atoms with Gasteiger partial charge in [0, 0.05) is 37.8 Å². The highest BCUT2D eigenvalue weighted by atomic mass is 16.1. The molecular weight excluding hydrogens is 324 g/mol. The summed E-state index contributed by atoms with van der Waals surface area (Å²) in [7, 11) is 0. The quantitative estimate of drug-likeness (QED) is 0.900. The molecule has 1 saturated heterocycles. The first kappa shape index (κ1) is 16.3. The Hall–Kier alpha value is -1.88. The van der Waals surface area contributed by atoms with Crippen molar-refractivity contribution in [3.8, 4) is 0 Å². The number of likely N-dealkylation sites (tertiary alicyclic amines) is 1. The zero-order valence-corrected chi connectivity index (χ0v) is 15.7. The van der Waals surface area contributed by atoms with E-state index in [9.17, 15) is 4.79 Å². The smallest absolute Gasteiger partial charge is 0.272 e. The molecule has 5 nitrogen and oxygen atoms in total. The van der Waals surface area contributed by atoms with Crippen LogP contribution in [0, 0.1) is 17.8 Å². The minimum absolute atomic E-state index is 0.0265. The summed E-state index contributed by atoms with van der Waals surface area (Å²) in [5.74, 6) is 3.49. The van der Waals surface area contributed by atoms with Gasteiger partial charge in [-0.2, -0.15) is 0 Å². The van der Waals surface area contributed by atoms with Gasteiger partial charge in [0.15, 0.2) is 5.69 Å². The van der Waals surface area contributed by atoms with Gasteiger partial charge in [-0.1, -0.05) is 26.3 Å². The highest BCUT2D eigenvalue weighted by Gasteiger charge is 2.56. The number of hydrogen-bond donors (Lipinski definition) is 1. The lowest BCUT2D eigenvalue weighted by Gasteiger charge is -2.36. The Morgan fingerprint density at radius 3 is 2.69 bits per heavy atom. The Kier molecular flexibility index (Phi) is 3.82. The molecule has 5 heteroatoms. The normalized spacial score (nSPS) is 28.3. The number of carbonyl (C=O) groups is 1. The molecule has 2 saturated carbocycles. The number of rotatable bonds is 5. The number of hydrogen-bond acceptors (Lipinski definition) is 3. The molecule has 3 fully saturated rings. The van der Waals surface area contributed by atoms with Gasteiger partial charge in [0.2, 0.25) is 0 Å². The van der Waals surface area contributed by atoms with E-state index < -0.39 is 0 Å². The van der Waals surface area contributed by atoms with Crippen molar-refractivity contribution in [3.05, 3.63) is 35.9 Å². The topological polar surface area (TPSA) is 49.6 Å². The Morgan fingerprint density at radius 2 is 2.04 bits per heavy atom. The van der Waals surface area contributed by atoms with Crippen LogP contribution in [0.2, 0.25) is 0 Å². The molecule has 5 rings (SSSR count). The monoisotopic (exact) mass is 352 g/mol. The van der Waals surface area contributed by atoms with Gasteiger partial charge in [0.25, 0.3) is 5.91 Å². The van der Waals surface area contributed by atoms with Crippen LogP contribution in [-0.2, 0) is 0 Å². The molecule has 3 aliphatic rings. The number of aromatic nitrogens is 2. The molecule has 2 aromatic rings. The first-order valence-electron chi connectivity index (χ1n) is 10.1. The van der Waals surface area contributed by atoms with Crippen LogP contribution in [0.4, 0.5) is 0 Å². The van der Waals surface area contributed by atoms with Crippen molar-refractivity contribution in [2.24, 2.45) is 17.8 Å². The number of piperidine rings is 1. The molecule has 1 unspecified atom stereocenters. The van der Waals surface area contributed by atoms with E-state index in [0.29, 0.717) is 11.6 Å². The maximum Gasteiger partial charge on any atom is 0.272 e. The van der Waals surface area contributed by atoms with Crippen LogP contribution < -0.4 is 5.32 Å². The van der Waals surface area contributed by atoms with Crippen LogP contribution in [-0.4, -0.2) is 45.9 Å².